The molecule has 0 spiro atoms. The Morgan fingerprint density at radius 3 is 2.70 bits per heavy atom. The van der Waals surface area contributed by atoms with Crippen LogP contribution in [0.25, 0.3) is 0 Å². The van der Waals surface area contributed by atoms with E-state index in [1.807, 2.05) is 0 Å². The second-order valence-electron chi connectivity index (χ2n) is 3.52. The molecular weight excluding hydrogens is 124 g/mol. The number of hydrogen-bond donors (Lipinski definition) is 1. The van der Waals surface area contributed by atoms with Gasteiger partial charge in [-0.25, -0.2) is 0 Å². The van der Waals surface area contributed by atoms with Gasteiger partial charge < -0.3 is 5.32 Å². The normalized spacial score (nSPS) is 22.1. The zero-order valence-corrected chi connectivity index (χ0v) is 7.07. The van der Waals surface area contributed by atoms with Crippen LogP contribution in [0.2, 0.25) is 0 Å². The SMILES string of the molecule is CCCC1=NCC(C)(C)N1. The molecule has 0 radical (unpaired) electrons. The molecule has 0 aromatic carbocycles. The smallest absolute Gasteiger partial charge is 0.0968 e. The molecule has 0 bridgehead atoms. The molecule has 0 amide bonds. The van der Waals surface area contributed by atoms with Crippen LogP contribution >= 0.6 is 0 Å². The number of aliphatic imine (C=N–C) groups is 1. The highest BCUT2D eigenvalue weighted by molar-refractivity contribution is 5.84. The van der Waals surface area contributed by atoms with Crippen molar-refractivity contribution < 1.29 is 0 Å². The molecule has 0 saturated carbocycles. The van der Waals surface area contributed by atoms with Crippen LogP contribution in [-0.4, -0.2) is 17.9 Å². The van der Waals surface area contributed by atoms with Crippen LogP contribution in [0.5, 0.6) is 0 Å². The van der Waals surface area contributed by atoms with E-state index in [0.717, 1.165) is 13.0 Å². The Labute approximate surface area is 62.7 Å². The fourth-order valence-electron chi connectivity index (χ4n) is 1.14. The van der Waals surface area contributed by atoms with Crippen LogP contribution < -0.4 is 5.32 Å². The predicted molar refractivity (Wildman–Crippen MR) is 44.4 cm³/mol. The molecule has 0 aliphatic carbocycles. The van der Waals surface area contributed by atoms with Gasteiger partial charge in [-0.05, 0) is 20.3 Å². The summed E-state index contributed by atoms with van der Waals surface area (Å²) in [5, 5.41) is 3.38. The first-order valence-electron chi connectivity index (χ1n) is 3.95. The molecule has 0 fully saturated rings. The van der Waals surface area contributed by atoms with E-state index < -0.39 is 0 Å². The monoisotopic (exact) mass is 140 g/mol. The third kappa shape index (κ3) is 1.72. The molecule has 0 aromatic rings. The summed E-state index contributed by atoms with van der Waals surface area (Å²) in [4.78, 5) is 4.38. The lowest BCUT2D eigenvalue weighted by Gasteiger charge is -2.17. The van der Waals surface area contributed by atoms with Crippen LogP contribution in [0.15, 0.2) is 4.99 Å². The van der Waals surface area contributed by atoms with E-state index in [1.54, 1.807) is 0 Å². The maximum Gasteiger partial charge on any atom is 0.0968 e. The number of amidine groups is 1. The van der Waals surface area contributed by atoms with Crippen molar-refractivity contribution in [1.82, 2.24) is 5.32 Å². The third-order valence-electron chi connectivity index (χ3n) is 1.63. The van der Waals surface area contributed by atoms with E-state index in [9.17, 15) is 0 Å². The minimum Gasteiger partial charge on any atom is -0.367 e. The molecule has 1 aliphatic rings. The summed E-state index contributed by atoms with van der Waals surface area (Å²) in [5.74, 6) is 1.19. The molecule has 1 rings (SSSR count). The van der Waals surface area contributed by atoms with Crippen LogP contribution in [0.4, 0.5) is 0 Å². The molecule has 0 unspecified atom stereocenters. The highest BCUT2D eigenvalue weighted by atomic mass is 15.1. The lowest BCUT2D eigenvalue weighted by Crippen LogP contribution is -2.39. The van der Waals surface area contributed by atoms with Gasteiger partial charge in [0.05, 0.1) is 17.9 Å². The van der Waals surface area contributed by atoms with Crippen molar-refractivity contribution in [3.05, 3.63) is 0 Å². The van der Waals surface area contributed by atoms with Crippen molar-refractivity contribution in [3.8, 4) is 0 Å². The lowest BCUT2D eigenvalue weighted by atomic mass is 10.1. The number of rotatable bonds is 2. The summed E-state index contributed by atoms with van der Waals surface area (Å²) in [6, 6.07) is 0. The summed E-state index contributed by atoms with van der Waals surface area (Å²) in [6.45, 7) is 7.47. The largest absolute Gasteiger partial charge is 0.367 e. The average Bonchev–Trinajstić information content (AvgIpc) is 2.12. The van der Waals surface area contributed by atoms with E-state index >= 15 is 0 Å². The first-order valence-corrected chi connectivity index (χ1v) is 3.95. The Morgan fingerprint density at radius 2 is 2.30 bits per heavy atom. The van der Waals surface area contributed by atoms with E-state index in [2.05, 4.69) is 31.1 Å². The highest BCUT2D eigenvalue weighted by Crippen LogP contribution is 2.10. The first-order chi connectivity index (χ1) is 4.64. The minimum absolute atomic E-state index is 0.213. The maximum absolute atomic E-state index is 4.38. The van der Waals surface area contributed by atoms with Gasteiger partial charge in [-0.1, -0.05) is 6.92 Å². The molecule has 58 valence electrons. The molecule has 0 atom stereocenters. The van der Waals surface area contributed by atoms with Crippen molar-refractivity contribution in [3.63, 3.8) is 0 Å². The first kappa shape index (κ1) is 7.58. The zero-order chi connectivity index (χ0) is 7.61. The predicted octanol–water partition coefficient (Wildman–Crippen LogP) is 1.57. The Kier molecular flexibility index (Phi) is 1.97. The Bertz CT molecular complexity index is 147. The van der Waals surface area contributed by atoms with Gasteiger partial charge in [0.15, 0.2) is 0 Å². The number of hydrogen-bond acceptors (Lipinski definition) is 2. The van der Waals surface area contributed by atoms with E-state index in [0.29, 0.717) is 0 Å². The average molecular weight is 140 g/mol. The van der Waals surface area contributed by atoms with E-state index in [-0.39, 0.29) is 5.54 Å². The van der Waals surface area contributed by atoms with E-state index in [1.165, 1.54) is 12.3 Å². The van der Waals surface area contributed by atoms with Crippen LogP contribution in [0.3, 0.4) is 0 Å². The van der Waals surface area contributed by atoms with Gasteiger partial charge in [0.25, 0.3) is 0 Å². The summed E-state index contributed by atoms with van der Waals surface area (Å²) in [6.07, 6.45) is 2.28. The molecule has 1 aliphatic heterocycles. The Balaban J connectivity index is 2.39. The molecule has 1 heterocycles. The number of nitrogens with one attached hydrogen (secondary N) is 1. The number of nitrogens with zero attached hydrogens (tertiary/aromatic N) is 1. The van der Waals surface area contributed by atoms with Gasteiger partial charge in [-0.3, -0.25) is 4.99 Å². The fraction of sp³-hybridized carbons (Fsp3) is 0.875. The van der Waals surface area contributed by atoms with Gasteiger partial charge in [-0.2, -0.15) is 0 Å². The van der Waals surface area contributed by atoms with Crippen LogP contribution in [-0.2, 0) is 0 Å². The Morgan fingerprint density at radius 1 is 1.60 bits per heavy atom. The lowest BCUT2D eigenvalue weighted by molar-refractivity contribution is 0.504. The standard InChI is InChI=1S/C8H16N2/c1-4-5-7-9-6-8(2,3)10-7/h4-6H2,1-3H3,(H,9,10). The second kappa shape index (κ2) is 2.60. The van der Waals surface area contributed by atoms with Crippen molar-refractivity contribution in [1.29, 1.82) is 0 Å². The molecular formula is C8H16N2. The third-order valence-corrected chi connectivity index (χ3v) is 1.63. The van der Waals surface area contributed by atoms with Crippen molar-refractivity contribution in [2.24, 2.45) is 4.99 Å². The van der Waals surface area contributed by atoms with Crippen LogP contribution in [0.1, 0.15) is 33.6 Å². The summed E-state index contributed by atoms with van der Waals surface area (Å²) < 4.78 is 0. The maximum atomic E-state index is 4.38. The molecule has 1 N–H and O–H groups in total. The fourth-order valence-corrected chi connectivity index (χ4v) is 1.14. The quantitative estimate of drug-likeness (QED) is 0.618. The van der Waals surface area contributed by atoms with Crippen LogP contribution in [0, 0.1) is 0 Å². The summed E-state index contributed by atoms with van der Waals surface area (Å²) in [7, 11) is 0. The van der Waals surface area contributed by atoms with Gasteiger partial charge in [0.2, 0.25) is 0 Å². The Hall–Kier alpha value is -0.530. The summed E-state index contributed by atoms with van der Waals surface area (Å²) >= 11 is 0. The van der Waals surface area contributed by atoms with Gasteiger partial charge in [-0.15, -0.1) is 0 Å². The molecule has 10 heavy (non-hydrogen) atoms. The molecule has 0 saturated heterocycles. The van der Waals surface area contributed by atoms with Gasteiger partial charge in [0, 0.05) is 6.42 Å². The van der Waals surface area contributed by atoms with Gasteiger partial charge >= 0.3 is 0 Å². The topological polar surface area (TPSA) is 24.4 Å². The van der Waals surface area contributed by atoms with Crippen molar-refractivity contribution in [2.45, 2.75) is 39.2 Å². The summed E-state index contributed by atoms with van der Waals surface area (Å²) in [5.41, 5.74) is 0.213. The van der Waals surface area contributed by atoms with Gasteiger partial charge in [0.1, 0.15) is 0 Å². The highest BCUT2D eigenvalue weighted by Gasteiger charge is 2.23. The second-order valence-corrected chi connectivity index (χ2v) is 3.52. The minimum atomic E-state index is 0.213. The van der Waals surface area contributed by atoms with Crippen molar-refractivity contribution >= 4 is 5.84 Å². The molecule has 0 aromatic heterocycles. The zero-order valence-electron chi connectivity index (χ0n) is 7.07. The molecule has 2 heteroatoms. The molecule has 2 nitrogen and oxygen atoms in total. The van der Waals surface area contributed by atoms with E-state index in [4.69, 9.17) is 0 Å². The van der Waals surface area contributed by atoms with Crippen molar-refractivity contribution in [2.75, 3.05) is 6.54 Å².